The van der Waals surface area contributed by atoms with Crippen molar-refractivity contribution in [3.8, 4) is 5.69 Å². The SMILES string of the molecule is NC(=O)CSc1nnc(CNC(=O)c2ccccc2F)n1-c1ccccc1. The number of nitrogens with two attached hydrogens (primary N) is 1. The van der Waals surface area contributed by atoms with Crippen LogP contribution in [0.15, 0.2) is 59.8 Å². The number of benzene rings is 2. The van der Waals surface area contributed by atoms with E-state index in [1.807, 2.05) is 30.3 Å². The van der Waals surface area contributed by atoms with Gasteiger partial charge in [-0.15, -0.1) is 10.2 Å². The van der Waals surface area contributed by atoms with Crippen LogP contribution < -0.4 is 11.1 Å². The normalized spacial score (nSPS) is 10.6. The van der Waals surface area contributed by atoms with Gasteiger partial charge in [0.1, 0.15) is 5.82 Å². The highest BCUT2D eigenvalue weighted by atomic mass is 32.2. The Kier molecular flexibility index (Phi) is 5.82. The van der Waals surface area contributed by atoms with Crippen molar-refractivity contribution in [2.24, 2.45) is 5.73 Å². The van der Waals surface area contributed by atoms with E-state index in [4.69, 9.17) is 5.73 Å². The van der Waals surface area contributed by atoms with Crippen LogP contribution in [-0.2, 0) is 11.3 Å². The van der Waals surface area contributed by atoms with E-state index in [2.05, 4.69) is 15.5 Å². The van der Waals surface area contributed by atoms with Gasteiger partial charge in [0.2, 0.25) is 5.91 Å². The number of primary amides is 1. The number of rotatable bonds is 7. The summed E-state index contributed by atoms with van der Waals surface area (Å²) in [6.07, 6.45) is 0. The van der Waals surface area contributed by atoms with Crippen LogP contribution in [0.5, 0.6) is 0 Å². The first kappa shape index (κ1) is 18.6. The van der Waals surface area contributed by atoms with Gasteiger partial charge in [0.05, 0.1) is 17.9 Å². The van der Waals surface area contributed by atoms with E-state index in [9.17, 15) is 14.0 Å². The molecule has 0 aliphatic heterocycles. The van der Waals surface area contributed by atoms with Crippen molar-refractivity contribution in [2.75, 3.05) is 5.75 Å². The largest absolute Gasteiger partial charge is 0.369 e. The Bertz CT molecular complexity index is 961. The Morgan fingerprint density at radius 1 is 1.07 bits per heavy atom. The van der Waals surface area contributed by atoms with Gasteiger partial charge in [-0.05, 0) is 24.3 Å². The van der Waals surface area contributed by atoms with Gasteiger partial charge in [-0.1, -0.05) is 42.1 Å². The van der Waals surface area contributed by atoms with Crippen LogP contribution in [0, 0.1) is 5.82 Å². The van der Waals surface area contributed by atoms with Gasteiger partial charge >= 0.3 is 0 Å². The maximum Gasteiger partial charge on any atom is 0.254 e. The predicted octanol–water partition coefficient (Wildman–Crippen LogP) is 1.91. The van der Waals surface area contributed by atoms with Crippen LogP contribution in [0.25, 0.3) is 5.69 Å². The van der Waals surface area contributed by atoms with Crippen molar-refractivity contribution < 1.29 is 14.0 Å². The van der Waals surface area contributed by atoms with Crippen LogP contribution in [0.2, 0.25) is 0 Å². The number of carbonyl (C=O) groups is 2. The van der Waals surface area contributed by atoms with Crippen molar-refractivity contribution in [1.29, 1.82) is 0 Å². The molecule has 1 heterocycles. The van der Waals surface area contributed by atoms with Crippen molar-refractivity contribution in [2.45, 2.75) is 11.7 Å². The third-order valence-electron chi connectivity index (χ3n) is 3.58. The summed E-state index contributed by atoms with van der Waals surface area (Å²) in [4.78, 5) is 23.3. The molecular weight excluding hydrogens is 369 g/mol. The molecule has 2 amide bonds. The van der Waals surface area contributed by atoms with E-state index in [-0.39, 0.29) is 17.9 Å². The molecule has 0 aliphatic carbocycles. The summed E-state index contributed by atoms with van der Waals surface area (Å²) in [7, 11) is 0. The van der Waals surface area contributed by atoms with Gasteiger partial charge in [-0.3, -0.25) is 14.2 Å². The Morgan fingerprint density at radius 2 is 1.78 bits per heavy atom. The highest BCUT2D eigenvalue weighted by molar-refractivity contribution is 7.99. The Labute approximate surface area is 158 Å². The zero-order chi connectivity index (χ0) is 19.2. The molecule has 0 fully saturated rings. The van der Waals surface area contributed by atoms with Crippen LogP contribution in [0.4, 0.5) is 4.39 Å². The molecule has 3 rings (SSSR count). The molecule has 0 radical (unpaired) electrons. The van der Waals surface area contributed by atoms with Crippen LogP contribution in [0.3, 0.4) is 0 Å². The van der Waals surface area contributed by atoms with Crippen molar-refractivity contribution in [1.82, 2.24) is 20.1 Å². The number of halogens is 1. The van der Waals surface area contributed by atoms with Crippen molar-refractivity contribution in [3.63, 3.8) is 0 Å². The molecule has 27 heavy (non-hydrogen) atoms. The minimum Gasteiger partial charge on any atom is -0.369 e. The summed E-state index contributed by atoms with van der Waals surface area (Å²) in [6, 6.07) is 15.0. The van der Waals surface area contributed by atoms with E-state index < -0.39 is 17.6 Å². The lowest BCUT2D eigenvalue weighted by Gasteiger charge is -2.11. The lowest BCUT2D eigenvalue weighted by atomic mass is 10.2. The highest BCUT2D eigenvalue weighted by Crippen LogP contribution is 2.21. The summed E-state index contributed by atoms with van der Waals surface area (Å²) in [5.41, 5.74) is 5.92. The fourth-order valence-electron chi connectivity index (χ4n) is 2.38. The van der Waals surface area contributed by atoms with Gasteiger partial charge in [0, 0.05) is 5.69 Å². The first-order valence-electron chi connectivity index (χ1n) is 8.00. The lowest BCUT2D eigenvalue weighted by Crippen LogP contribution is -2.25. The number of carbonyl (C=O) groups excluding carboxylic acids is 2. The highest BCUT2D eigenvalue weighted by Gasteiger charge is 2.17. The number of hydrogen-bond donors (Lipinski definition) is 2. The minimum absolute atomic E-state index is 0.0339. The van der Waals surface area contributed by atoms with E-state index in [1.165, 1.54) is 18.2 Å². The molecule has 1 aromatic heterocycles. The average Bonchev–Trinajstić information content (AvgIpc) is 3.08. The average molecular weight is 385 g/mol. The molecule has 9 heteroatoms. The van der Waals surface area contributed by atoms with Crippen LogP contribution >= 0.6 is 11.8 Å². The molecular formula is C18H16FN5O2S. The Morgan fingerprint density at radius 3 is 2.48 bits per heavy atom. The minimum atomic E-state index is -0.600. The molecule has 0 atom stereocenters. The molecule has 138 valence electrons. The van der Waals surface area contributed by atoms with Gasteiger partial charge in [0.15, 0.2) is 11.0 Å². The zero-order valence-corrected chi connectivity index (χ0v) is 14.9. The third-order valence-corrected chi connectivity index (χ3v) is 4.54. The van der Waals surface area contributed by atoms with E-state index in [0.717, 1.165) is 17.4 Å². The standard InChI is InChI=1S/C18H16FN5O2S/c19-14-9-5-4-8-13(14)17(26)21-10-16-22-23-18(27-11-15(20)25)24(16)12-6-2-1-3-7-12/h1-9H,10-11H2,(H2,20,25)(H,21,26). The number of nitrogens with one attached hydrogen (secondary N) is 1. The molecule has 3 aromatic rings. The second-order valence-electron chi connectivity index (χ2n) is 5.49. The number of amides is 2. The van der Waals surface area contributed by atoms with E-state index in [0.29, 0.717) is 11.0 Å². The van der Waals surface area contributed by atoms with Crippen LogP contribution in [-0.4, -0.2) is 32.3 Å². The fraction of sp³-hybridized carbons (Fsp3) is 0.111. The topological polar surface area (TPSA) is 103 Å². The smallest absolute Gasteiger partial charge is 0.254 e. The third kappa shape index (κ3) is 4.50. The number of para-hydroxylation sites is 1. The maximum absolute atomic E-state index is 13.7. The molecule has 0 aliphatic rings. The quantitative estimate of drug-likeness (QED) is 0.605. The molecule has 2 aromatic carbocycles. The molecule has 0 bridgehead atoms. The molecule has 0 spiro atoms. The van der Waals surface area contributed by atoms with E-state index in [1.54, 1.807) is 10.6 Å². The Balaban J connectivity index is 1.83. The van der Waals surface area contributed by atoms with Crippen molar-refractivity contribution >= 4 is 23.6 Å². The van der Waals surface area contributed by atoms with Gasteiger partial charge in [0.25, 0.3) is 5.91 Å². The van der Waals surface area contributed by atoms with E-state index >= 15 is 0 Å². The summed E-state index contributed by atoms with van der Waals surface area (Å²) in [5.74, 6) is -1.14. The van der Waals surface area contributed by atoms with Gasteiger partial charge in [-0.2, -0.15) is 0 Å². The number of aromatic nitrogens is 3. The summed E-state index contributed by atoms with van der Waals surface area (Å²) in [6.45, 7) is 0.0339. The number of hydrogen-bond acceptors (Lipinski definition) is 5. The first-order chi connectivity index (χ1) is 13.1. The molecule has 0 unspecified atom stereocenters. The fourth-order valence-corrected chi connectivity index (χ4v) is 3.09. The predicted molar refractivity (Wildman–Crippen MR) is 98.8 cm³/mol. The lowest BCUT2D eigenvalue weighted by molar-refractivity contribution is -0.115. The zero-order valence-electron chi connectivity index (χ0n) is 14.1. The summed E-state index contributed by atoms with van der Waals surface area (Å²) >= 11 is 1.15. The number of thioether (sulfide) groups is 1. The molecule has 3 N–H and O–H groups in total. The second-order valence-corrected chi connectivity index (χ2v) is 6.43. The summed E-state index contributed by atoms with van der Waals surface area (Å²) in [5, 5.41) is 11.3. The second kappa shape index (κ2) is 8.45. The Hall–Kier alpha value is -3.20. The van der Waals surface area contributed by atoms with Gasteiger partial charge < -0.3 is 11.1 Å². The summed E-state index contributed by atoms with van der Waals surface area (Å²) < 4.78 is 15.5. The molecule has 0 saturated heterocycles. The van der Waals surface area contributed by atoms with Crippen LogP contribution in [0.1, 0.15) is 16.2 Å². The monoisotopic (exact) mass is 385 g/mol. The maximum atomic E-state index is 13.7. The first-order valence-corrected chi connectivity index (χ1v) is 8.98. The molecule has 7 nitrogen and oxygen atoms in total. The van der Waals surface area contributed by atoms with Gasteiger partial charge in [-0.25, -0.2) is 4.39 Å². The number of nitrogens with zero attached hydrogens (tertiary/aromatic N) is 3. The molecule has 0 saturated carbocycles. The van der Waals surface area contributed by atoms with Crippen molar-refractivity contribution in [3.05, 3.63) is 71.8 Å².